The fourth-order valence-electron chi connectivity index (χ4n) is 2.48. The third-order valence-electron chi connectivity index (χ3n) is 3.31. The second-order valence-electron chi connectivity index (χ2n) is 4.44. The number of nitrogens with zero attached hydrogens (tertiary/aromatic N) is 2. The van der Waals surface area contributed by atoms with Gasteiger partial charge >= 0.3 is 0 Å². The summed E-state index contributed by atoms with van der Waals surface area (Å²) in [4.78, 5) is 12.0. The summed E-state index contributed by atoms with van der Waals surface area (Å²) in [5.41, 5.74) is 2.80. The lowest BCUT2D eigenvalue weighted by molar-refractivity contribution is 0.0973. The second kappa shape index (κ2) is 4.29. The minimum absolute atomic E-state index is 0.197. The molecule has 0 spiro atoms. The van der Waals surface area contributed by atoms with Gasteiger partial charge in [-0.05, 0) is 25.0 Å². The summed E-state index contributed by atoms with van der Waals surface area (Å²) in [6, 6.07) is 9.95. The van der Waals surface area contributed by atoms with Crippen LogP contribution in [0.2, 0.25) is 0 Å². The van der Waals surface area contributed by atoms with Crippen molar-refractivity contribution in [1.29, 1.82) is 0 Å². The molecule has 0 aliphatic heterocycles. The number of carbonyl (C=O) groups is 1. The molecule has 0 amide bonds. The molecule has 0 saturated heterocycles. The molecule has 4 nitrogen and oxygen atoms in total. The Bertz CT molecular complexity index is 587. The number of aromatic nitrogens is 2. The predicted octanol–water partition coefficient (Wildman–Crippen LogP) is 2.43. The van der Waals surface area contributed by atoms with Gasteiger partial charge in [-0.3, -0.25) is 4.79 Å². The first kappa shape index (κ1) is 11.0. The van der Waals surface area contributed by atoms with Crippen molar-refractivity contribution in [2.24, 2.45) is 0 Å². The molecule has 0 unspecified atom stereocenters. The highest BCUT2D eigenvalue weighted by molar-refractivity contribution is 6.02. The molecule has 1 aromatic heterocycles. The summed E-state index contributed by atoms with van der Waals surface area (Å²) in [6.07, 6.45) is 2.44. The molecule has 4 heteroatoms. The van der Waals surface area contributed by atoms with E-state index >= 15 is 0 Å². The Balaban J connectivity index is 2.20. The first-order chi connectivity index (χ1) is 8.81. The molecule has 92 valence electrons. The SMILES string of the molecule is CNc1nn(-c2ccccc2)c2c1C(=O)CCC2. The molecular formula is C14H15N3O. The van der Waals surface area contributed by atoms with E-state index in [1.165, 1.54) is 0 Å². The molecule has 18 heavy (non-hydrogen) atoms. The minimum atomic E-state index is 0.197. The fourth-order valence-corrected chi connectivity index (χ4v) is 2.48. The van der Waals surface area contributed by atoms with E-state index in [0.29, 0.717) is 12.2 Å². The average molecular weight is 241 g/mol. The van der Waals surface area contributed by atoms with E-state index in [9.17, 15) is 4.79 Å². The topological polar surface area (TPSA) is 46.9 Å². The molecule has 2 aromatic rings. The van der Waals surface area contributed by atoms with E-state index in [1.807, 2.05) is 35.0 Å². The van der Waals surface area contributed by atoms with Crippen LogP contribution in [0.5, 0.6) is 0 Å². The average Bonchev–Trinajstić information content (AvgIpc) is 2.80. The molecule has 1 aliphatic carbocycles. The molecule has 0 fully saturated rings. The maximum Gasteiger partial charge on any atom is 0.168 e. The summed E-state index contributed by atoms with van der Waals surface area (Å²) in [7, 11) is 1.81. The molecule has 1 aliphatic rings. The van der Waals surface area contributed by atoms with E-state index in [0.717, 1.165) is 29.8 Å². The predicted molar refractivity (Wildman–Crippen MR) is 70.4 cm³/mol. The number of ketones is 1. The lowest BCUT2D eigenvalue weighted by Crippen LogP contribution is -2.13. The third kappa shape index (κ3) is 1.61. The number of anilines is 1. The number of benzene rings is 1. The van der Waals surface area contributed by atoms with E-state index in [1.54, 1.807) is 7.05 Å². The second-order valence-corrected chi connectivity index (χ2v) is 4.44. The van der Waals surface area contributed by atoms with Gasteiger partial charge in [0.05, 0.1) is 16.9 Å². The molecule has 1 aromatic carbocycles. The molecule has 1 N–H and O–H groups in total. The van der Waals surface area contributed by atoms with Crippen molar-refractivity contribution in [3.8, 4) is 5.69 Å². The number of nitrogens with one attached hydrogen (secondary N) is 1. The highest BCUT2D eigenvalue weighted by atomic mass is 16.1. The van der Waals surface area contributed by atoms with Crippen LogP contribution in [-0.4, -0.2) is 22.6 Å². The van der Waals surface area contributed by atoms with Crippen LogP contribution in [0.3, 0.4) is 0 Å². The number of hydrogen-bond donors (Lipinski definition) is 1. The van der Waals surface area contributed by atoms with Gasteiger partial charge < -0.3 is 5.32 Å². The van der Waals surface area contributed by atoms with E-state index in [2.05, 4.69) is 10.4 Å². The normalized spacial score (nSPS) is 14.4. The minimum Gasteiger partial charge on any atom is -0.371 e. The monoisotopic (exact) mass is 241 g/mol. The quantitative estimate of drug-likeness (QED) is 0.878. The number of hydrogen-bond acceptors (Lipinski definition) is 3. The Hall–Kier alpha value is -2.10. The number of carbonyl (C=O) groups excluding carboxylic acids is 1. The standard InChI is InChI=1S/C14H15N3O/c1-15-14-13-11(8-5-9-12(13)18)17(16-14)10-6-3-2-4-7-10/h2-4,6-7H,5,8-9H2,1H3,(H,15,16). The Morgan fingerprint density at radius 1 is 1.22 bits per heavy atom. The molecule has 0 bridgehead atoms. The Kier molecular flexibility index (Phi) is 2.63. The van der Waals surface area contributed by atoms with Gasteiger partial charge in [0.1, 0.15) is 0 Å². The van der Waals surface area contributed by atoms with Gasteiger partial charge in [0, 0.05) is 13.5 Å². The summed E-state index contributed by atoms with van der Waals surface area (Å²) < 4.78 is 1.89. The largest absolute Gasteiger partial charge is 0.371 e. The molecule has 1 heterocycles. The van der Waals surface area contributed by atoms with Crippen LogP contribution >= 0.6 is 0 Å². The maximum absolute atomic E-state index is 12.0. The molecule has 0 saturated carbocycles. The van der Waals surface area contributed by atoms with Crippen LogP contribution in [-0.2, 0) is 6.42 Å². The van der Waals surface area contributed by atoms with Gasteiger partial charge in [0.2, 0.25) is 0 Å². The number of rotatable bonds is 2. The summed E-state index contributed by atoms with van der Waals surface area (Å²) in [6.45, 7) is 0. The molecule has 0 atom stereocenters. The van der Waals surface area contributed by atoms with Crippen molar-refractivity contribution >= 4 is 11.6 Å². The van der Waals surface area contributed by atoms with Crippen LogP contribution in [0.15, 0.2) is 30.3 Å². The zero-order valence-corrected chi connectivity index (χ0v) is 10.3. The highest BCUT2D eigenvalue weighted by Gasteiger charge is 2.26. The van der Waals surface area contributed by atoms with Gasteiger partial charge in [-0.25, -0.2) is 4.68 Å². The Morgan fingerprint density at radius 3 is 2.72 bits per heavy atom. The van der Waals surface area contributed by atoms with Gasteiger partial charge in [0.25, 0.3) is 0 Å². The lowest BCUT2D eigenvalue weighted by Gasteiger charge is -2.13. The highest BCUT2D eigenvalue weighted by Crippen LogP contribution is 2.29. The summed E-state index contributed by atoms with van der Waals surface area (Å²) in [5, 5.41) is 7.54. The van der Waals surface area contributed by atoms with Crippen molar-refractivity contribution in [2.45, 2.75) is 19.3 Å². The maximum atomic E-state index is 12.0. The van der Waals surface area contributed by atoms with E-state index in [4.69, 9.17) is 0 Å². The molecular weight excluding hydrogens is 226 g/mol. The fraction of sp³-hybridized carbons (Fsp3) is 0.286. The first-order valence-electron chi connectivity index (χ1n) is 6.19. The van der Waals surface area contributed by atoms with Crippen LogP contribution in [0.4, 0.5) is 5.82 Å². The van der Waals surface area contributed by atoms with Crippen LogP contribution in [0.1, 0.15) is 28.9 Å². The van der Waals surface area contributed by atoms with Gasteiger partial charge in [-0.1, -0.05) is 18.2 Å². The first-order valence-corrected chi connectivity index (χ1v) is 6.19. The number of para-hydroxylation sites is 1. The number of Topliss-reactive ketones (excluding diaryl/α,β-unsaturated/α-hetero) is 1. The summed E-state index contributed by atoms with van der Waals surface area (Å²) in [5.74, 6) is 0.890. The van der Waals surface area contributed by atoms with Gasteiger partial charge in [-0.15, -0.1) is 5.10 Å². The third-order valence-corrected chi connectivity index (χ3v) is 3.31. The van der Waals surface area contributed by atoms with Crippen molar-refractivity contribution in [3.05, 3.63) is 41.6 Å². The smallest absolute Gasteiger partial charge is 0.168 e. The zero-order valence-electron chi connectivity index (χ0n) is 10.3. The van der Waals surface area contributed by atoms with Crippen molar-refractivity contribution in [3.63, 3.8) is 0 Å². The van der Waals surface area contributed by atoms with Gasteiger partial charge in [-0.2, -0.15) is 0 Å². The summed E-state index contributed by atoms with van der Waals surface area (Å²) >= 11 is 0. The number of fused-ring (bicyclic) bond motifs is 1. The van der Waals surface area contributed by atoms with Crippen LogP contribution in [0.25, 0.3) is 5.69 Å². The van der Waals surface area contributed by atoms with Crippen LogP contribution < -0.4 is 5.32 Å². The van der Waals surface area contributed by atoms with Crippen molar-refractivity contribution in [2.75, 3.05) is 12.4 Å². The molecule has 3 rings (SSSR count). The van der Waals surface area contributed by atoms with Crippen molar-refractivity contribution in [1.82, 2.24) is 9.78 Å². The lowest BCUT2D eigenvalue weighted by atomic mass is 9.96. The Morgan fingerprint density at radius 2 is 2.00 bits per heavy atom. The van der Waals surface area contributed by atoms with Crippen molar-refractivity contribution < 1.29 is 4.79 Å². The van der Waals surface area contributed by atoms with Crippen LogP contribution in [0, 0.1) is 0 Å². The van der Waals surface area contributed by atoms with E-state index in [-0.39, 0.29) is 5.78 Å². The van der Waals surface area contributed by atoms with E-state index < -0.39 is 0 Å². The van der Waals surface area contributed by atoms with Gasteiger partial charge in [0.15, 0.2) is 11.6 Å². The Labute approximate surface area is 106 Å². The molecule has 0 radical (unpaired) electrons. The zero-order chi connectivity index (χ0) is 12.5.